The fourth-order valence-electron chi connectivity index (χ4n) is 2.66. The normalized spacial score (nSPS) is 26.9. The Morgan fingerprint density at radius 2 is 2.20 bits per heavy atom. The highest BCUT2D eigenvalue weighted by atomic mass is 16.5. The molecule has 0 spiro atoms. The van der Waals surface area contributed by atoms with Crippen molar-refractivity contribution >= 4 is 5.97 Å². The number of rotatable bonds is 3. The van der Waals surface area contributed by atoms with Crippen LogP contribution in [0.4, 0.5) is 0 Å². The Labute approximate surface area is 114 Å². The number of ether oxygens (including phenoxy) is 1. The van der Waals surface area contributed by atoms with Crippen LogP contribution in [0.5, 0.6) is 5.75 Å². The highest BCUT2D eigenvalue weighted by Gasteiger charge is 2.48. The number of carboxylic acid groups (broad SMARTS) is 1. The molecule has 0 saturated heterocycles. The Balaban J connectivity index is 1.60. The summed E-state index contributed by atoms with van der Waals surface area (Å²) in [6.45, 7) is 0.491. The van der Waals surface area contributed by atoms with Crippen LogP contribution >= 0.6 is 0 Å². The van der Waals surface area contributed by atoms with Crippen molar-refractivity contribution in [1.29, 1.82) is 0 Å². The van der Waals surface area contributed by atoms with Gasteiger partial charge in [0, 0.05) is 5.56 Å². The molecule has 1 N–H and O–H groups in total. The SMILES string of the molecule is O=C(O)C1CC1c1nc(C2COc3ccccc32)no1. The van der Waals surface area contributed by atoms with Crippen LogP contribution < -0.4 is 4.74 Å². The summed E-state index contributed by atoms with van der Waals surface area (Å²) in [5, 5.41) is 12.9. The monoisotopic (exact) mass is 272 g/mol. The maximum atomic E-state index is 10.9. The molecule has 1 saturated carbocycles. The van der Waals surface area contributed by atoms with E-state index in [1.54, 1.807) is 0 Å². The standard InChI is InChI=1S/C14H12N2O4/c17-14(18)9-5-8(9)13-15-12(16-20-13)10-6-19-11-4-2-1-3-7(10)11/h1-4,8-10H,5-6H2,(H,17,18). The van der Waals surface area contributed by atoms with Gasteiger partial charge in [-0.25, -0.2) is 0 Å². The van der Waals surface area contributed by atoms with Crippen molar-refractivity contribution in [2.75, 3.05) is 6.61 Å². The van der Waals surface area contributed by atoms with Crippen LogP contribution in [0.25, 0.3) is 0 Å². The summed E-state index contributed by atoms with van der Waals surface area (Å²) >= 11 is 0. The van der Waals surface area contributed by atoms with Crippen LogP contribution in [-0.4, -0.2) is 27.8 Å². The maximum Gasteiger partial charge on any atom is 0.307 e. The molecule has 3 unspecified atom stereocenters. The predicted molar refractivity (Wildman–Crippen MR) is 66.6 cm³/mol. The molecule has 2 aromatic rings. The zero-order valence-electron chi connectivity index (χ0n) is 10.5. The molecule has 1 aliphatic heterocycles. The van der Waals surface area contributed by atoms with Crippen molar-refractivity contribution in [3.8, 4) is 5.75 Å². The van der Waals surface area contributed by atoms with Gasteiger partial charge in [-0.15, -0.1) is 0 Å². The van der Waals surface area contributed by atoms with E-state index in [2.05, 4.69) is 10.1 Å². The van der Waals surface area contributed by atoms with Gasteiger partial charge in [-0.2, -0.15) is 4.98 Å². The first-order chi connectivity index (χ1) is 9.74. The molecule has 1 fully saturated rings. The molecular formula is C14H12N2O4. The lowest BCUT2D eigenvalue weighted by atomic mass is 10.0. The smallest absolute Gasteiger partial charge is 0.307 e. The summed E-state index contributed by atoms with van der Waals surface area (Å²) < 4.78 is 10.8. The van der Waals surface area contributed by atoms with E-state index in [9.17, 15) is 4.79 Å². The molecule has 20 heavy (non-hydrogen) atoms. The van der Waals surface area contributed by atoms with Crippen molar-refractivity contribution < 1.29 is 19.2 Å². The van der Waals surface area contributed by atoms with Crippen molar-refractivity contribution in [3.05, 3.63) is 41.5 Å². The van der Waals surface area contributed by atoms with E-state index in [1.807, 2.05) is 24.3 Å². The second kappa shape index (κ2) is 4.06. The van der Waals surface area contributed by atoms with Gasteiger partial charge in [0.2, 0.25) is 5.89 Å². The van der Waals surface area contributed by atoms with E-state index < -0.39 is 5.97 Å². The number of nitrogens with zero attached hydrogens (tertiary/aromatic N) is 2. The zero-order chi connectivity index (χ0) is 13.7. The molecule has 0 amide bonds. The van der Waals surface area contributed by atoms with Gasteiger partial charge >= 0.3 is 5.97 Å². The lowest BCUT2D eigenvalue weighted by molar-refractivity contribution is -0.138. The second-order valence-electron chi connectivity index (χ2n) is 5.18. The third kappa shape index (κ3) is 1.68. The molecule has 6 nitrogen and oxygen atoms in total. The topological polar surface area (TPSA) is 85.5 Å². The summed E-state index contributed by atoms with van der Waals surface area (Å²) in [6.07, 6.45) is 0.578. The van der Waals surface area contributed by atoms with Gasteiger partial charge in [0.05, 0.1) is 17.8 Å². The first kappa shape index (κ1) is 11.5. The molecule has 1 aromatic heterocycles. The van der Waals surface area contributed by atoms with E-state index in [0.717, 1.165) is 11.3 Å². The Hall–Kier alpha value is -2.37. The number of hydrogen-bond acceptors (Lipinski definition) is 5. The molecule has 1 aliphatic carbocycles. The van der Waals surface area contributed by atoms with E-state index in [-0.39, 0.29) is 17.8 Å². The van der Waals surface area contributed by atoms with Gasteiger partial charge in [-0.1, -0.05) is 23.4 Å². The van der Waals surface area contributed by atoms with Gasteiger partial charge in [0.25, 0.3) is 0 Å². The van der Waals surface area contributed by atoms with Crippen LogP contribution in [0.3, 0.4) is 0 Å². The van der Waals surface area contributed by atoms with E-state index >= 15 is 0 Å². The fourth-order valence-corrected chi connectivity index (χ4v) is 2.66. The summed E-state index contributed by atoms with van der Waals surface area (Å²) in [4.78, 5) is 15.2. The first-order valence-corrected chi connectivity index (χ1v) is 6.52. The van der Waals surface area contributed by atoms with Gasteiger partial charge < -0.3 is 14.4 Å². The van der Waals surface area contributed by atoms with Crippen molar-refractivity contribution in [2.24, 2.45) is 5.92 Å². The van der Waals surface area contributed by atoms with Crippen LogP contribution in [0.1, 0.15) is 35.5 Å². The second-order valence-corrected chi connectivity index (χ2v) is 5.18. The molecule has 102 valence electrons. The van der Waals surface area contributed by atoms with E-state index in [0.29, 0.717) is 24.7 Å². The molecule has 0 radical (unpaired) electrons. The van der Waals surface area contributed by atoms with Gasteiger partial charge in [0.15, 0.2) is 5.82 Å². The Morgan fingerprint density at radius 1 is 1.35 bits per heavy atom. The Bertz CT molecular complexity index is 681. The molecule has 6 heteroatoms. The minimum absolute atomic E-state index is 0.0364. The number of fused-ring (bicyclic) bond motifs is 1. The minimum atomic E-state index is -0.802. The Kier molecular flexibility index (Phi) is 2.33. The molecule has 2 aliphatic rings. The summed E-state index contributed by atoms with van der Waals surface area (Å²) in [5.74, 6) is 0.494. The first-order valence-electron chi connectivity index (χ1n) is 6.52. The molecule has 2 heterocycles. The number of aliphatic carboxylic acids is 1. The number of carbonyl (C=O) groups is 1. The van der Waals surface area contributed by atoms with Gasteiger partial charge in [-0.05, 0) is 12.5 Å². The highest BCUT2D eigenvalue weighted by molar-refractivity contribution is 5.74. The molecule has 4 rings (SSSR count). The highest BCUT2D eigenvalue weighted by Crippen LogP contribution is 2.47. The van der Waals surface area contributed by atoms with Crippen LogP contribution in [0.15, 0.2) is 28.8 Å². The summed E-state index contributed by atoms with van der Waals surface area (Å²) in [6, 6.07) is 7.77. The maximum absolute atomic E-state index is 10.9. The quantitative estimate of drug-likeness (QED) is 0.916. The average molecular weight is 272 g/mol. The fraction of sp³-hybridized carbons (Fsp3) is 0.357. The number of carboxylic acids is 1. The lowest BCUT2D eigenvalue weighted by Crippen LogP contribution is -2.05. The molecular weight excluding hydrogens is 260 g/mol. The largest absolute Gasteiger partial charge is 0.492 e. The molecule has 1 aromatic carbocycles. The number of aromatic nitrogens is 2. The van der Waals surface area contributed by atoms with Gasteiger partial charge in [-0.3, -0.25) is 4.79 Å². The predicted octanol–water partition coefficient (Wildman–Crippen LogP) is 1.78. The third-order valence-electron chi connectivity index (χ3n) is 3.89. The van der Waals surface area contributed by atoms with E-state index in [1.165, 1.54) is 0 Å². The number of para-hydroxylation sites is 1. The van der Waals surface area contributed by atoms with Crippen LogP contribution in [0.2, 0.25) is 0 Å². The minimum Gasteiger partial charge on any atom is -0.492 e. The zero-order valence-corrected chi connectivity index (χ0v) is 10.5. The third-order valence-corrected chi connectivity index (χ3v) is 3.89. The molecule has 3 atom stereocenters. The number of benzene rings is 1. The van der Waals surface area contributed by atoms with Crippen molar-refractivity contribution in [1.82, 2.24) is 10.1 Å². The van der Waals surface area contributed by atoms with Crippen LogP contribution in [0, 0.1) is 5.92 Å². The Morgan fingerprint density at radius 3 is 3.00 bits per heavy atom. The van der Waals surface area contributed by atoms with Crippen LogP contribution in [-0.2, 0) is 4.79 Å². The average Bonchev–Trinajstić information content (AvgIpc) is 2.93. The van der Waals surface area contributed by atoms with Crippen molar-refractivity contribution in [2.45, 2.75) is 18.3 Å². The van der Waals surface area contributed by atoms with Gasteiger partial charge in [0.1, 0.15) is 12.4 Å². The van der Waals surface area contributed by atoms with Crippen molar-refractivity contribution in [3.63, 3.8) is 0 Å². The van der Waals surface area contributed by atoms with E-state index in [4.69, 9.17) is 14.4 Å². The summed E-state index contributed by atoms with van der Waals surface area (Å²) in [7, 11) is 0. The molecule has 0 bridgehead atoms. The number of hydrogen-bond donors (Lipinski definition) is 1. The lowest BCUT2D eigenvalue weighted by Gasteiger charge is -2.01. The summed E-state index contributed by atoms with van der Waals surface area (Å²) in [5.41, 5.74) is 1.05.